The summed E-state index contributed by atoms with van der Waals surface area (Å²) in [5.74, 6) is 1.04. The van der Waals surface area contributed by atoms with Crippen molar-refractivity contribution < 1.29 is 9.47 Å². The van der Waals surface area contributed by atoms with Crippen LogP contribution in [0.1, 0.15) is 12.8 Å². The van der Waals surface area contributed by atoms with Gasteiger partial charge < -0.3 is 9.47 Å². The van der Waals surface area contributed by atoms with Crippen molar-refractivity contribution in [3.8, 4) is 0 Å². The smallest absolute Gasteiger partial charge is 0.124 e. The monoisotopic (exact) mass is 138 g/mol. The highest BCUT2D eigenvalue weighted by Gasteiger charge is 2.14. The third-order valence-electron chi connectivity index (χ3n) is 1.76. The summed E-state index contributed by atoms with van der Waals surface area (Å²) in [6.45, 7) is 1.53. The summed E-state index contributed by atoms with van der Waals surface area (Å²) in [5.41, 5.74) is 1.22. The van der Waals surface area contributed by atoms with Crippen LogP contribution in [-0.4, -0.2) is 13.2 Å². The van der Waals surface area contributed by atoms with Crippen molar-refractivity contribution in [2.75, 3.05) is 13.2 Å². The summed E-state index contributed by atoms with van der Waals surface area (Å²) >= 11 is 0. The van der Waals surface area contributed by atoms with Crippen LogP contribution in [0.15, 0.2) is 23.7 Å². The van der Waals surface area contributed by atoms with Gasteiger partial charge in [-0.25, -0.2) is 0 Å². The molecule has 0 atom stereocenters. The summed E-state index contributed by atoms with van der Waals surface area (Å²) < 4.78 is 10.5. The summed E-state index contributed by atoms with van der Waals surface area (Å²) in [5, 5.41) is 0. The second kappa shape index (κ2) is 2.37. The lowest BCUT2D eigenvalue weighted by molar-refractivity contribution is 0.171. The molecule has 2 nitrogen and oxygen atoms in total. The van der Waals surface area contributed by atoms with Gasteiger partial charge in [-0.2, -0.15) is 0 Å². The molecule has 2 aliphatic rings. The minimum absolute atomic E-state index is 0.666. The fraction of sp³-hybridized carbons (Fsp3) is 0.500. The summed E-state index contributed by atoms with van der Waals surface area (Å²) in [6, 6.07) is 0. The lowest BCUT2D eigenvalue weighted by atomic mass is 10.1. The molecular formula is C8H10O2. The molecule has 0 bridgehead atoms. The molecule has 0 aromatic rings. The topological polar surface area (TPSA) is 18.5 Å². The first-order valence-corrected chi connectivity index (χ1v) is 3.61. The Hall–Kier alpha value is -0.920. The first-order valence-electron chi connectivity index (χ1n) is 3.61. The van der Waals surface area contributed by atoms with Gasteiger partial charge in [-0.3, -0.25) is 0 Å². The Bertz CT molecular complexity index is 169. The van der Waals surface area contributed by atoms with Crippen LogP contribution < -0.4 is 0 Å². The molecule has 1 fully saturated rings. The van der Waals surface area contributed by atoms with Gasteiger partial charge in [-0.15, -0.1) is 0 Å². The molecule has 0 unspecified atom stereocenters. The second-order valence-corrected chi connectivity index (χ2v) is 2.50. The number of ether oxygens (including phenoxy) is 2. The van der Waals surface area contributed by atoms with E-state index in [9.17, 15) is 0 Å². The zero-order valence-electron chi connectivity index (χ0n) is 5.80. The second-order valence-electron chi connectivity index (χ2n) is 2.50. The van der Waals surface area contributed by atoms with Gasteiger partial charge in [0.1, 0.15) is 12.4 Å². The highest BCUT2D eigenvalue weighted by molar-refractivity contribution is 5.27. The Morgan fingerprint density at radius 1 is 1.40 bits per heavy atom. The molecule has 2 heterocycles. The molecule has 2 heteroatoms. The van der Waals surface area contributed by atoms with E-state index in [1.807, 2.05) is 12.3 Å². The fourth-order valence-electron chi connectivity index (χ4n) is 1.24. The van der Waals surface area contributed by atoms with E-state index in [2.05, 4.69) is 0 Å². The molecule has 0 radical (unpaired) electrons. The van der Waals surface area contributed by atoms with Crippen LogP contribution in [0.25, 0.3) is 0 Å². The predicted molar refractivity (Wildman–Crippen MR) is 37.3 cm³/mol. The third kappa shape index (κ3) is 0.897. The summed E-state index contributed by atoms with van der Waals surface area (Å²) in [7, 11) is 0. The van der Waals surface area contributed by atoms with E-state index in [0.29, 0.717) is 6.61 Å². The maximum atomic E-state index is 5.39. The highest BCUT2D eigenvalue weighted by atomic mass is 16.5. The largest absolute Gasteiger partial charge is 0.497 e. The van der Waals surface area contributed by atoms with Crippen molar-refractivity contribution in [3.05, 3.63) is 23.7 Å². The maximum Gasteiger partial charge on any atom is 0.124 e. The first kappa shape index (κ1) is 5.83. The SMILES string of the molecule is C1=C2CCCOC2=CCO1. The van der Waals surface area contributed by atoms with Crippen LogP contribution in [-0.2, 0) is 9.47 Å². The predicted octanol–water partition coefficient (Wildman–Crippen LogP) is 1.59. The maximum absolute atomic E-state index is 5.39. The number of rotatable bonds is 0. The van der Waals surface area contributed by atoms with Gasteiger partial charge in [-0.05, 0) is 18.9 Å². The van der Waals surface area contributed by atoms with Crippen LogP contribution in [0.5, 0.6) is 0 Å². The Morgan fingerprint density at radius 3 is 3.30 bits per heavy atom. The normalized spacial score (nSPS) is 23.2. The van der Waals surface area contributed by atoms with Gasteiger partial charge in [-0.1, -0.05) is 0 Å². The van der Waals surface area contributed by atoms with Crippen LogP contribution in [0.2, 0.25) is 0 Å². The number of allylic oxidation sites excluding steroid dienone is 1. The average Bonchev–Trinajstić information content (AvgIpc) is 2.05. The molecule has 2 aliphatic heterocycles. The van der Waals surface area contributed by atoms with Gasteiger partial charge in [0.2, 0.25) is 0 Å². The van der Waals surface area contributed by atoms with Crippen molar-refractivity contribution >= 4 is 0 Å². The van der Waals surface area contributed by atoms with Gasteiger partial charge in [0.05, 0.1) is 12.9 Å². The van der Waals surface area contributed by atoms with Crippen molar-refractivity contribution in [1.82, 2.24) is 0 Å². The molecule has 0 aliphatic carbocycles. The first-order chi connectivity index (χ1) is 4.97. The van der Waals surface area contributed by atoms with E-state index in [0.717, 1.165) is 25.2 Å². The lowest BCUT2D eigenvalue weighted by Crippen LogP contribution is -2.10. The van der Waals surface area contributed by atoms with E-state index in [-0.39, 0.29) is 0 Å². The highest BCUT2D eigenvalue weighted by Crippen LogP contribution is 2.25. The van der Waals surface area contributed by atoms with Crippen LogP contribution in [0.4, 0.5) is 0 Å². The quantitative estimate of drug-likeness (QED) is 0.506. The van der Waals surface area contributed by atoms with Crippen molar-refractivity contribution in [1.29, 1.82) is 0 Å². The van der Waals surface area contributed by atoms with E-state index in [1.54, 1.807) is 0 Å². The number of hydrogen-bond donors (Lipinski definition) is 0. The van der Waals surface area contributed by atoms with Crippen LogP contribution in [0, 0.1) is 0 Å². The number of fused-ring (bicyclic) bond motifs is 1. The standard InChI is InChI=1S/C8H10O2/c1-2-7-6-9-5-3-8(7)10-4-1/h3,6H,1-2,4-5H2. The van der Waals surface area contributed by atoms with Gasteiger partial charge in [0, 0.05) is 5.57 Å². The van der Waals surface area contributed by atoms with Crippen molar-refractivity contribution in [2.45, 2.75) is 12.8 Å². The summed E-state index contributed by atoms with van der Waals surface area (Å²) in [6.07, 6.45) is 6.03. The Balaban J connectivity index is 2.19. The van der Waals surface area contributed by atoms with Gasteiger partial charge in [0.25, 0.3) is 0 Å². The Morgan fingerprint density at radius 2 is 2.40 bits per heavy atom. The van der Waals surface area contributed by atoms with E-state index >= 15 is 0 Å². The number of hydrogen-bond acceptors (Lipinski definition) is 2. The van der Waals surface area contributed by atoms with Gasteiger partial charge in [0.15, 0.2) is 0 Å². The molecular weight excluding hydrogens is 128 g/mol. The van der Waals surface area contributed by atoms with E-state index in [4.69, 9.17) is 9.47 Å². The zero-order valence-corrected chi connectivity index (χ0v) is 5.80. The Labute approximate surface area is 60.1 Å². The molecule has 2 rings (SSSR count). The van der Waals surface area contributed by atoms with Gasteiger partial charge >= 0.3 is 0 Å². The molecule has 1 saturated heterocycles. The molecule has 0 saturated carbocycles. The molecule has 0 N–H and O–H groups in total. The lowest BCUT2D eigenvalue weighted by Gasteiger charge is -2.21. The fourth-order valence-corrected chi connectivity index (χ4v) is 1.24. The molecule has 0 amide bonds. The Kier molecular flexibility index (Phi) is 1.38. The third-order valence-corrected chi connectivity index (χ3v) is 1.76. The van der Waals surface area contributed by atoms with E-state index in [1.165, 1.54) is 5.57 Å². The van der Waals surface area contributed by atoms with Crippen molar-refractivity contribution in [3.63, 3.8) is 0 Å². The minimum atomic E-state index is 0.666. The molecule has 10 heavy (non-hydrogen) atoms. The molecule has 0 aromatic carbocycles. The van der Waals surface area contributed by atoms with Crippen LogP contribution in [0.3, 0.4) is 0 Å². The molecule has 0 spiro atoms. The molecule has 0 aromatic heterocycles. The van der Waals surface area contributed by atoms with Crippen molar-refractivity contribution in [2.24, 2.45) is 0 Å². The average molecular weight is 138 g/mol. The minimum Gasteiger partial charge on any atom is -0.497 e. The van der Waals surface area contributed by atoms with Crippen LogP contribution >= 0.6 is 0 Å². The molecule has 54 valence electrons. The summed E-state index contributed by atoms with van der Waals surface area (Å²) in [4.78, 5) is 0. The van der Waals surface area contributed by atoms with E-state index < -0.39 is 0 Å². The zero-order chi connectivity index (χ0) is 6.81.